The lowest BCUT2D eigenvalue weighted by Crippen LogP contribution is -2.41. The average molecular weight is 303 g/mol. The summed E-state index contributed by atoms with van der Waals surface area (Å²) in [5, 5.41) is 6.18. The van der Waals surface area contributed by atoms with Gasteiger partial charge in [0.1, 0.15) is 0 Å². The number of rotatable bonds is 6. The molecule has 1 unspecified atom stereocenters. The molecule has 0 radical (unpaired) electrons. The molecule has 0 spiro atoms. The van der Waals surface area contributed by atoms with Crippen molar-refractivity contribution in [3.63, 3.8) is 0 Å². The lowest BCUT2D eigenvalue weighted by molar-refractivity contribution is -0.126. The van der Waals surface area contributed by atoms with E-state index in [1.165, 1.54) is 0 Å². The highest BCUT2D eigenvalue weighted by Gasteiger charge is 2.34. The second kappa shape index (κ2) is 7.40. The van der Waals surface area contributed by atoms with Crippen LogP contribution in [-0.4, -0.2) is 37.5 Å². The van der Waals surface area contributed by atoms with E-state index in [0.717, 1.165) is 17.8 Å². The van der Waals surface area contributed by atoms with E-state index in [9.17, 15) is 9.59 Å². The Kier molecular flexibility index (Phi) is 5.55. The fraction of sp³-hybridized carbons (Fsp3) is 0.529. The Bertz CT molecular complexity index is 527. The Balaban J connectivity index is 1.91. The number of hydrogen-bond acceptors (Lipinski definition) is 3. The quantitative estimate of drug-likeness (QED) is 0.836. The first-order valence-electron chi connectivity index (χ1n) is 7.89. The van der Waals surface area contributed by atoms with E-state index in [-0.39, 0.29) is 30.2 Å². The number of nitrogens with one attached hydrogen (secondary N) is 2. The Morgan fingerprint density at radius 2 is 2.05 bits per heavy atom. The SMILES string of the molecule is CCN[C@H](C)CNC(=O)C1CC(=O)N(c2ccc(C)cc2)C1. The van der Waals surface area contributed by atoms with Crippen molar-refractivity contribution in [1.82, 2.24) is 10.6 Å². The Labute approximate surface area is 132 Å². The summed E-state index contributed by atoms with van der Waals surface area (Å²) in [6, 6.07) is 8.06. The number of aryl methyl sites for hydroxylation is 1. The van der Waals surface area contributed by atoms with Gasteiger partial charge < -0.3 is 15.5 Å². The molecule has 5 nitrogen and oxygen atoms in total. The maximum atomic E-state index is 12.2. The van der Waals surface area contributed by atoms with Crippen LogP contribution in [0.1, 0.15) is 25.8 Å². The summed E-state index contributed by atoms with van der Waals surface area (Å²) < 4.78 is 0. The molecule has 2 rings (SSSR count). The lowest BCUT2D eigenvalue weighted by Gasteiger charge is -2.18. The van der Waals surface area contributed by atoms with Crippen molar-refractivity contribution in [3.05, 3.63) is 29.8 Å². The van der Waals surface area contributed by atoms with Crippen LogP contribution in [0.25, 0.3) is 0 Å². The summed E-state index contributed by atoms with van der Waals surface area (Å²) >= 11 is 0. The Morgan fingerprint density at radius 1 is 1.36 bits per heavy atom. The van der Waals surface area contributed by atoms with Crippen LogP contribution in [0.3, 0.4) is 0 Å². The minimum Gasteiger partial charge on any atom is -0.354 e. The Morgan fingerprint density at radius 3 is 2.68 bits per heavy atom. The molecule has 1 saturated heterocycles. The van der Waals surface area contributed by atoms with Gasteiger partial charge in [-0.3, -0.25) is 9.59 Å². The minimum absolute atomic E-state index is 0.0173. The molecule has 2 atom stereocenters. The number of likely N-dealkylation sites (N-methyl/N-ethyl adjacent to an activating group) is 1. The zero-order valence-electron chi connectivity index (χ0n) is 13.6. The second-order valence-electron chi connectivity index (χ2n) is 5.94. The largest absolute Gasteiger partial charge is 0.354 e. The van der Waals surface area contributed by atoms with Gasteiger partial charge in [0.25, 0.3) is 0 Å². The van der Waals surface area contributed by atoms with Gasteiger partial charge in [0.15, 0.2) is 0 Å². The minimum atomic E-state index is -0.261. The molecule has 1 heterocycles. The molecule has 0 bridgehead atoms. The zero-order valence-corrected chi connectivity index (χ0v) is 13.6. The van der Waals surface area contributed by atoms with Crippen LogP contribution >= 0.6 is 0 Å². The summed E-state index contributed by atoms with van der Waals surface area (Å²) in [7, 11) is 0. The predicted molar refractivity (Wildman–Crippen MR) is 87.8 cm³/mol. The first-order valence-corrected chi connectivity index (χ1v) is 7.89. The standard InChI is InChI=1S/C17H25N3O2/c1-4-18-13(3)10-19-17(22)14-9-16(21)20(11-14)15-7-5-12(2)6-8-15/h5-8,13-14,18H,4,9-11H2,1-3H3,(H,19,22)/t13-,14?/m1/s1. The van der Waals surface area contributed by atoms with Gasteiger partial charge in [0, 0.05) is 31.2 Å². The van der Waals surface area contributed by atoms with Crippen LogP contribution < -0.4 is 15.5 Å². The van der Waals surface area contributed by atoms with Crippen LogP contribution in [0.5, 0.6) is 0 Å². The number of carbonyl (C=O) groups is 2. The Hall–Kier alpha value is -1.88. The van der Waals surface area contributed by atoms with E-state index in [2.05, 4.69) is 10.6 Å². The van der Waals surface area contributed by atoms with E-state index in [4.69, 9.17) is 0 Å². The molecular formula is C17H25N3O2. The summed E-state index contributed by atoms with van der Waals surface area (Å²) in [6.07, 6.45) is 0.287. The average Bonchev–Trinajstić information content (AvgIpc) is 2.88. The molecule has 1 aliphatic heterocycles. The fourth-order valence-corrected chi connectivity index (χ4v) is 2.68. The summed E-state index contributed by atoms with van der Waals surface area (Å²) in [5.74, 6) is -0.279. The fourth-order valence-electron chi connectivity index (χ4n) is 2.68. The van der Waals surface area contributed by atoms with Crippen LogP contribution in [-0.2, 0) is 9.59 Å². The van der Waals surface area contributed by atoms with Crippen molar-refractivity contribution in [2.75, 3.05) is 24.5 Å². The number of anilines is 1. The summed E-state index contributed by atoms with van der Waals surface area (Å²) in [5.41, 5.74) is 2.02. The molecule has 1 aromatic carbocycles. The first kappa shape index (κ1) is 16.5. The van der Waals surface area contributed by atoms with E-state index in [1.54, 1.807) is 4.90 Å². The van der Waals surface area contributed by atoms with Gasteiger partial charge in [-0.2, -0.15) is 0 Å². The predicted octanol–water partition coefficient (Wildman–Crippen LogP) is 1.46. The number of carbonyl (C=O) groups excluding carboxylic acids is 2. The van der Waals surface area contributed by atoms with Crippen LogP contribution in [0.15, 0.2) is 24.3 Å². The number of amides is 2. The molecule has 1 fully saturated rings. The van der Waals surface area contributed by atoms with Gasteiger partial charge in [-0.1, -0.05) is 24.6 Å². The summed E-state index contributed by atoms with van der Waals surface area (Å²) in [4.78, 5) is 26.1. The van der Waals surface area contributed by atoms with Gasteiger partial charge in [-0.05, 0) is 32.5 Å². The summed E-state index contributed by atoms with van der Waals surface area (Å²) in [6.45, 7) is 8.00. The second-order valence-corrected chi connectivity index (χ2v) is 5.94. The highest BCUT2D eigenvalue weighted by molar-refractivity contribution is 6.00. The number of hydrogen-bond donors (Lipinski definition) is 2. The normalized spacial score (nSPS) is 19.3. The van der Waals surface area contributed by atoms with Crippen molar-refractivity contribution in [2.45, 2.75) is 33.2 Å². The monoisotopic (exact) mass is 303 g/mol. The van der Waals surface area contributed by atoms with Gasteiger partial charge in [-0.15, -0.1) is 0 Å². The van der Waals surface area contributed by atoms with Gasteiger partial charge in [-0.25, -0.2) is 0 Å². The number of nitrogens with zero attached hydrogens (tertiary/aromatic N) is 1. The maximum absolute atomic E-state index is 12.2. The maximum Gasteiger partial charge on any atom is 0.227 e. The molecule has 2 N–H and O–H groups in total. The molecule has 0 aromatic heterocycles. The molecule has 120 valence electrons. The van der Waals surface area contributed by atoms with Crippen molar-refractivity contribution >= 4 is 17.5 Å². The van der Waals surface area contributed by atoms with Crippen molar-refractivity contribution in [3.8, 4) is 0 Å². The highest BCUT2D eigenvalue weighted by Crippen LogP contribution is 2.25. The smallest absolute Gasteiger partial charge is 0.227 e. The topological polar surface area (TPSA) is 61.4 Å². The van der Waals surface area contributed by atoms with Gasteiger partial charge in [0.05, 0.1) is 5.92 Å². The number of benzene rings is 1. The van der Waals surface area contributed by atoms with E-state index in [1.807, 2.05) is 45.0 Å². The van der Waals surface area contributed by atoms with Gasteiger partial charge in [0.2, 0.25) is 11.8 Å². The zero-order chi connectivity index (χ0) is 16.1. The molecule has 0 saturated carbocycles. The van der Waals surface area contributed by atoms with Crippen LogP contribution in [0.4, 0.5) is 5.69 Å². The van der Waals surface area contributed by atoms with Crippen molar-refractivity contribution < 1.29 is 9.59 Å². The molecule has 0 aliphatic carbocycles. The third-order valence-electron chi connectivity index (χ3n) is 3.98. The molecular weight excluding hydrogens is 278 g/mol. The van der Waals surface area contributed by atoms with Crippen molar-refractivity contribution in [1.29, 1.82) is 0 Å². The molecule has 1 aliphatic rings. The van der Waals surface area contributed by atoms with Gasteiger partial charge >= 0.3 is 0 Å². The van der Waals surface area contributed by atoms with E-state index < -0.39 is 0 Å². The van der Waals surface area contributed by atoms with Crippen molar-refractivity contribution in [2.24, 2.45) is 5.92 Å². The first-order chi connectivity index (χ1) is 10.5. The van der Waals surface area contributed by atoms with Crippen LogP contribution in [0.2, 0.25) is 0 Å². The van der Waals surface area contributed by atoms with E-state index >= 15 is 0 Å². The molecule has 1 aromatic rings. The molecule has 2 amide bonds. The molecule has 22 heavy (non-hydrogen) atoms. The van der Waals surface area contributed by atoms with Crippen LogP contribution in [0, 0.1) is 12.8 Å². The van der Waals surface area contributed by atoms with E-state index in [0.29, 0.717) is 13.1 Å². The third-order valence-corrected chi connectivity index (χ3v) is 3.98. The third kappa shape index (κ3) is 4.07. The lowest BCUT2D eigenvalue weighted by atomic mass is 10.1. The highest BCUT2D eigenvalue weighted by atomic mass is 16.2. The molecule has 5 heteroatoms.